The standard InChI is InChI=1S/C15H21N3OS/c1-11-8-12(2)10-13(9-11)19-7-5-4-6-14-17-18-15(16-3)20-14/h8-10H,4-7H2,1-3H3,(H,16,18). The fourth-order valence-corrected chi connectivity index (χ4v) is 2.78. The van der Waals surface area contributed by atoms with Gasteiger partial charge in [-0.3, -0.25) is 0 Å². The third kappa shape index (κ3) is 4.49. The topological polar surface area (TPSA) is 47.0 Å². The van der Waals surface area contributed by atoms with E-state index in [4.69, 9.17) is 4.74 Å². The number of hydrogen-bond donors (Lipinski definition) is 1. The van der Waals surface area contributed by atoms with Crippen LogP contribution in [-0.2, 0) is 6.42 Å². The Balaban J connectivity index is 1.68. The lowest BCUT2D eigenvalue weighted by molar-refractivity contribution is 0.306. The number of nitrogens with zero attached hydrogens (tertiary/aromatic N) is 2. The molecule has 0 atom stereocenters. The summed E-state index contributed by atoms with van der Waals surface area (Å²) in [6.07, 6.45) is 3.07. The van der Waals surface area contributed by atoms with Gasteiger partial charge in [-0.15, -0.1) is 10.2 Å². The van der Waals surface area contributed by atoms with Crippen molar-refractivity contribution >= 4 is 16.5 Å². The zero-order valence-electron chi connectivity index (χ0n) is 12.3. The zero-order chi connectivity index (χ0) is 14.4. The van der Waals surface area contributed by atoms with Crippen LogP contribution in [-0.4, -0.2) is 23.9 Å². The minimum atomic E-state index is 0.751. The Hall–Kier alpha value is -1.62. The third-order valence-electron chi connectivity index (χ3n) is 2.93. The van der Waals surface area contributed by atoms with Crippen LogP contribution < -0.4 is 10.1 Å². The minimum Gasteiger partial charge on any atom is -0.494 e. The second-order valence-corrected chi connectivity index (χ2v) is 5.94. The van der Waals surface area contributed by atoms with E-state index in [0.29, 0.717) is 0 Å². The number of anilines is 1. The Morgan fingerprint density at radius 2 is 1.85 bits per heavy atom. The smallest absolute Gasteiger partial charge is 0.205 e. The highest BCUT2D eigenvalue weighted by molar-refractivity contribution is 7.15. The van der Waals surface area contributed by atoms with E-state index in [0.717, 1.165) is 41.8 Å². The molecule has 0 saturated heterocycles. The van der Waals surface area contributed by atoms with Crippen LogP contribution in [0.25, 0.3) is 0 Å². The molecule has 4 nitrogen and oxygen atoms in total. The molecule has 1 aromatic carbocycles. The first kappa shape index (κ1) is 14.8. The third-order valence-corrected chi connectivity index (χ3v) is 3.93. The average Bonchev–Trinajstić information content (AvgIpc) is 2.85. The van der Waals surface area contributed by atoms with Gasteiger partial charge in [0.15, 0.2) is 0 Å². The summed E-state index contributed by atoms with van der Waals surface area (Å²) in [5.41, 5.74) is 2.49. The maximum absolute atomic E-state index is 5.79. The maximum atomic E-state index is 5.79. The molecule has 0 aliphatic rings. The van der Waals surface area contributed by atoms with Crippen LogP contribution in [0.1, 0.15) is 29.0 Å². The first-order chi connectivity index (χ1) is 9.67. The zero-order valence-corrected chi connectivity index (χ0v) is 13.1. The Morgan fingerprint density at radius 3 is 2.50 bits per heavy atom. The molecule has 108 valence electrons. The monoisotopic (exact) mass is 291 g/mol. The molecule has 20 heavy (non-hydrogen) atoms. The van der Waals surface area contributed by atoms with Gasteiger partial charge >= 0.3 is 0 Å². The number of aryl methyl sites for hydroxylation is 3. The van der Waals surface area contributed by atoms with Gasteiger partial charge in [0, 0.05) is 13.5 Å². The highest BCUT2D eigenvalue weighted by atomic mass is 32.1. The van der Waals surface area contributed by atoms with E-state index >= 15 is 0 Å². The number of rotatable bonds is 7. The number of hydrogen-bond acceptors (Lipinski definition) is 5. The van der Waals surface area contributed by atoms with E-state index in [1.54, 1.807) is 11.3 Å². The SMILES string of the molecule is CNc1nnc(CCCCOc2cc(C)cc(C)c2)s1. The molecular formula is C15H21N3OS. The fraction of sp³-hybridized carbons (Fsp3) is 0.467. The van der Waals surface area contributed by atoms with Crippen LogP contribution in [0.15, 0.2) is 18.2 Å². The molecule has 5 heteroatoms. The van der Waals surface area contributed by atoms with Gasteiger partial charge in [-0.05, 0) is 49.9 Å². The summed E-state index contributed by atoms with van der Waals surface area (Å²) in [6, 6.07) is 6.32. The molecule has 0 saturated carbocycles. The molecule has 1 aromatic heterocycles. The van der Waals surface area contributed by atoms with Crippen molar-refractivity contribution in [2.45, 2.75) is 33.1 Å². The van der Waals surface area contributed by atoms with E-state index in [1.165, 1.54) is 11.1 Å². The number of aromatic nitrogens is 2. The van der Waals surface area contributed by atoms with E-state index in [1.807, 2.05) is 7.05 Å². The summed E-state index contributed by atoms with van der Waals surface area (Å²) in [5, 5.41) is 13.1. The lowest BCUT2D eigenvalue weighted by Crippen LogP contribution is -1.99. The van der Waals surface area contributed by atoms with Crippen molar-refractivity contribution in [3.8, 4) is 5.75 Å². The van der Waals surface area contributed by atoms with Gasteiger partial charge < -0.3 is 10.1 Å². The molecular weight excluding hydrogens is 270 g/mol. The summed E-state index contributed by atoms with van der Waals surface area (Å²) in [4.78, 5) is 0. The Morgan fingerprint density at radius 1 is 1.10 bits per heavy atom. The Kier molecular flexibility index (Phi) is 5.35. The molecule has 0 fully saturated rings. The molecule has 0 amide bonds. The van der Waals surface area contributed by atoms with Gasteiger partial charge in [0.05, 0.1) is 6.61 Å². The predicted octanol–water partition coefficient (Wildman–Crippen LogP) is 3.60. The van der Waals surface area contributed by atoms with Gasteiger partial charge in [0.2, 0.25) is 5.13 Å². The molecule has 1 N–H and O–H groups in total. The largest absolute Gasteiger partial charge is 0.494 e. The van der Waals surface area contributed by atoms with Gasteiger partial charge in [-0.1, -0.05) is 17.4 Å². The van der Waals surface area contributed by atoms with Crippen LogP contribution in [0, 0.1) is 13.8 Å². The number of benzene rings is 1. The van der Waals surface area contributed by atoms with E-state index in [9.17, 15) is 0 Å². The maximum Gasteiger partial charge on any atom is 0.205 e. The quantitative estimate of drug-likeness (QED) is 0.792. The van der Waals surface area contributed by atoms with Gasteiger partial charge in [0.1, 0.15) is 10.8 Å². The van der Waals surface area contributed by atoms with Crippen molar-refractivity contribution in [1.82, 2.24) is 10.2 Å². The lowest BCUT2D eigenvalue weighted by Gasteiger charge is -2.07. The summed E-state index contributed by atoms with van der Waals surface area (Å²) < 4.78 is 5.79. The van der Waals surface area contributed by atoms with Crippen molar-refractivity contribution in [2.75, 3.05) is 19.0 Å². The highest BCUT2D eigenvalue weighted by Crippen LogP contribution is 2.18. The van der Waals surface area contributed by atoms with E-state index < -0.39 is 0 Å². The van der Waals surface area contributed by atoms with Crippen molar-refractivity contribution < 1.29 is 4.74 Å². The molecule has 0 spiro atoms. The number of nitrogens with one attached hydrogen (secondary N) is 1. The molecule has 0 radical (unpaired) electrons. The summed E-state index contributed by atoms with van der Waals surface area (Å²) in [5.74, 6) is 0.968. The van der Waals surface area contributed by atoms with Gasteiger partial charge in [-0.25, -0.2) is 0 Å². The summed E-state index contributed by atoms with van der Waals surface area (Å²) >= 11 is 1.62. The number of unbranched alkanes of at least 4 members (excludes halogenated alkanes) is 1. The molecule has 0 bridgehead atoms. The van der Waals surface area contributed by atoms with Crippen LogP contribution >= 0.6 is 11.3 Å². The molecule has 2 rings (SSSR count). The normalized spacial score (nSPS) is 10.6. The lowest BCUT2D eigenvalue weighted by atomic mass is 10.1. The van der Waals surface area contributed by atoms with Crippen molar-refractivity contribution in [3.63, 3.8) is 0 Å². The Labute approximate surface area is 124 Å². The molecule has 0 unspecified atom stereocenters. The van der Waals surface area contributed by atoms with E-state index in [-0.39, 0.29) is 0 Å². The minimum absolute atomic E-state index is 0.751. The van der Waals surface area contributed by atoms with Crippen molar-refractivity contribution in [2.24, 2.45) is 0 Å². The van der Waals surface area contributed by atoms with E-state index in [2.05, 4.69) is 47.6 Å². The van der Waals surface area contributed by atoms with Crippen molar-refractivity contribution in [3.05, 3.63) is 34.3 Å². The van der Waals surface area contributed by atoms with Crippen LogP contribution in [0.2, 0.25) is 0 Å². The molecule has 0 aliphatic heterocycles. The van der Waals surface area contributed by atoms with Crippen LogP contribution in [0.4, 0.5) is 5.13 Å². The summed E-state index contributed by atoms with van der Waals surface area (Å²) in [6.45, 7) is 4.93. The fourth-order valence-electron chi connectivity index (χ4n) is 2.04. The highest BCUT2D eigenvalue weighted by Gasteiger charge is 2.02. The molecule has 0 aliphatic carbocycles. The first-order valence-corrected chi connectivity index (χ1v) is 7.70. The molecule has 2 aromatic rings. The van der Waals surface area contributed by atoms with Gasteiger partial charge in [0.25, 0.3) is 0 Å². The number of ether oxygens (including phenoxy) is 1. The van der Waals surface area contributed by atoms with Crippen LogP contribution in [0.5, 0.6) is 5.75 Å². The summed E-state index contributed by atoms with van der Waals surface area (Å²) in [7, 11) is 1.86. The first-order valence-electron chi connectivity index (χ1n) is 6.88. The average molecular weight is 291 g/mol. The Bertz CT molecular complexity index is 534. The second-order valence-electron chi connectivity index (χ2n) is 4.88. The predicted molar refractivity (Wildman–Crippen MR) is 83.8 cm³/mol. The van der Waals surface area contributed by atoms with Crippen LogP contribution in [0.3, 0.4) is 0 Å². The second kappa shape index (κ2) is 7.24. The van der Waals surface area contributed by atoms with Gasteiger partial charge in [-0.2, -0.15) is 0 Å². The molecule has 1 heterocycles. The van der Waals surface area contributed by atoms with Crippen molar-refractivity contribution in [1.29, 1.82) is 0 Å².